The summed E-state index contributed by atoms with van der Waals surface area (Å²) in [5.74, 6) is 1.26. The second kappa shape index (κ2) is 6.00. The zero-order valence-electron chi connectivity index (χ0n) is 12.2. The third-order valence-electron chi connectivity index (χ3n) is 3.03. The number of nitrogens with zero attached hydrogens (tertiary/aromatic N) is 3. The second-order valence-electron chi connectivity index (χ2n) is 5.21. The smallest absolute Gasteiger partial charge is 0.225 e. The molecule has 0 saturated heterocycles. The lowest BCUT2D eigenvalue weighted by Crippen LogP contribution is -2.43. The molecule has 1 heterocycles. The Morgan fingerprint density at radius 1 is 1.39 bits per heavy atom. The predicted molar refractivity (Wildman–Crippen MR) is 74.2 cm³/mol. The highest BCUT2D eigenvalue weighted by atomic mass is 16.5. The van der Waals surface area contributed by atoms with Gasteiger partial charge in [0.1, 0.15) is 6.61 Å². The number of aryl methyl sites for hydroxylation is 1. The zero-order valence-corrected chi connectivity index (χ0v) is 12.2. The van der Waals surface area contributed by atoms with Gasteiger partial charge in [-0.3, -0.25) is 0 Å². The molecule has 1 N–H and O–H groups in total. The molecule has 0 aromatic carbocycles. The van der Waals surface area contributed by atoms with E-state index in [0.717, 1.165) is 12.1 Å². The maximum Gasteiger partial charge on any atom is 0.225 e. The molecule has 0 amide bonds. The number of nitrogens with one attached hydrogen (secondary N) is 1. The maximum absolute atomic E-state index is 5.82. The molecule has 1 aromatic heterocycles. The van der Waals surface area contributed by atoms with E-state index in [1.165, 1.54) is 0 Å². The number of ether oxygens (including phenoxy) is 1. The first-order valence-corrected chi connectivity index (χ1v) is 6.24. The molecule has 0 aliphatic rings. The average Bonchev–Trinajstić information content (AvgIpc) is 2.30. The van der Waals surface area contributed by atoms with Gasteiger partial charge in [0.2, 0.25) is 11.8 Å². The van der Waals surface area contributed by atoms with E-state index in [-0.39, 0.29) is 5.54 Å². The molecule has 0 aliphatic heterocycles. The lowest BCUT2D eigenvalue weighted by atomic mass is 10.1. The van der Waals surface area contributed by atoms with Gasteiger partial charge >= 0.3 is 0 Å². The van der Waals surface area contributed by atoms with Crippen molar-refractivity contribution in [2.75, 3.05) is 32.6 Å². The van der Waals surface area contributed by atoms with Crippen molar-refractivity contribution in [2.45, 2.75) is 33.2 Å². The molecular formula is C13H24N4O. The Bertz CT molecular complexity index is 391. The van der Waals surface area contributed by atoms with Crippen LogP contribution in [-0.4, -0.2) is 47.7 Å². The van der Waals surface area contributed by atoms with Gasteiger partial charge in [-0.05, 0) is 41.8 Å². The van der Waals surface area contributed by atoms with Crippen LogP contribution in [-0.2, 0) is 0 Å². The maximum atomic E-state index is 5.82. The van der Waals surface area contributed by atoms with Gasteiger partial charge in [-0.25, -0.2) is 4.98 Å². The standard InChI is InChI=1S/C13H24N4O/c1-7-14-12-15-8-10(2)11(16-12)18-9-13(3,4)17(5)6/h8H,7,9H2,1-6H3,(H,14,15,16). The van der Waals surface area contributed by atoms with Gasteiger partial charge in [-0.1, -0.05) is 0 Å². The van der Waals surface area contributed by atoms with Crippen molar-refractivity contribution in [2.24, 2.45) is 0 Å². The summed E-state index contributed by atoms with van der Waals surface area (Å²) in [4.78, 5) is 10.7. The number of aromatic nitrogens is 2. The van der Waals surface area contributed by atoms with Crippen molar-refractivity contribution >= 4 is 5.95 Å². The van der Waals surface area contributed by atoms with Crippen LogP contribution < -0.4 is 10.1 Å². The van der Waals surface area contributed by atoms with Crippen molar-refractivity contribution in [1.82, 2.24) is 14.9 Å². The molecule has 1 aromatic rings. The molecule has 18 heavy (non-hydrogen) atoms. The summed E-state index contributed by atoms with van der Waals surface area (Å²) in [5.41, 5.74) is 0.918. The fourth-order valence-corrected chi connectivity index (χ4v) is 1.19. The van der Waals surface area contributed by atoms with Crippen molar-refractivity contribution < 1.29 is 4.74 Å². The molecule has 1 rings (SSSR count). The van der Waals surface area contributed by atoms with Crippen molar-refractivity contribution in [3.8, 4) is 5.88 Å². The van der Waals surface area contributed by atoms with E-state index in [2.05, 4.69) is 34.0 Å². The minimum atomic E-state index is -0.0320. The van der Waals surface area contributed by atoms with E-state index in [0.29, 0.717) is 18.4 Å². The number of hydrogen-bond acceptors (Lipinski definition) is 5. The minimum Gasteiger partial charge on any atom is -0.475 e. The summed E-state index contributed by atoms with van der Waals surface area (Å²) in [7, 11) is 4.08. The van der Waals surface area contributed by atoms with E-state index in [4.69, 9.17) is 4.74 Å². The monoisotopic (exact) mass is 252 g/mol. The summed E-state index contributed by atoms with van der Waals surface area (Å²) in [6.45, 7) is 9.62. The molecule has 0 bridgehead atoms. The van der Waals surface area contributed by atoms with Crippen LogP contribution in [0.15, 0.2) is 6.20 Å². The highest BCUT2D eigenvalue weighted by molar-refractivity contribution is 5.32. The number of hydrogen-bond donors (Lipinski definition) is 1. The molecule has 5 nitrogen and oxygen atoms in total. The van der Waals surface area contributed by atoms with E-state index >= 15 is 0 Å². The zero-order chi connectivity index (χ0) is 13.8. The number of rotatable bonds is 6. The van der Waals surface area contributed by atoms with Crippen molar-refractivity contribution in [3.63, 3.8) is 0 Å². The third-order valence-corrected chi connectivity index (χ3v) is 3.03. The molecule has 0 unspecified atom stereocenters. The Hall–Kier alpha value is -1.36. The highest BCUT2D eigenvalue weighted by Crippen LogP contribution is 2.18. The summed E-state index contributed by atoms with van der Waals surface area (Å²) in [6, 6.07) is 0. The Kier molecular flexibility index (Phi) is 4.90. The summed E-state index contributed by atoms with van der Waals surface area (Å²) in [6.07, 6.45) is 1.78. The third kappa shape index (κ3) is 3.84. The Morgan fingerprint density at radius 3 is 2.61 bits per heavy atom. The highest BCUT2D eigenvalue weighted by Gasteiger charge is 2.22. The fraction of sp³-hybridized carbons (Fsp3) is 0.692. The van der Waals surface area contributed by atoms with E-state index in [1.54, 1.807) is 6.20 Å². The van der Waals surface area contributed by atoms with E-state index in [9.17, 15) is 0 Å². The van der Waals surface area contributed by atoms with Crippen LogP contribution in [0.3, 0.4) is 0 Å². The largest absolute Gasteiger partial charge is 0.475 e. The van der Waals surface area contributed by atoms with Gasteiger partial charge in [-0.2, -0.15) is 4.98 Å². The van der Waals surface area contributed by atoms with E-state index < -0.39 is 0 Å². The second-order valence-corrected chi connectivity index (χ2v) is 5.21. The molecule has 0 saturated carbocycles. The van der Waals surface area contributed by atoms with Crippen LogP contribution in [0.4, 0.5) is 5.95 Å². The van der Waals surface area contributed by atoms with Gasteiger partial charge in [0.25, 0.3) is 0 Å². The molecule has 0 radical (unpaired) electrons. The normalized spacial score (nSPS) is 11.7. The number of anilines is 1. The Balaban J connectivity index is 2.75. The topological polar surface area (TPSA) is 50.3 Å². The number of likely N-dealkylation sites (N-methyl/N-ethyl adjacent to an activating group) is 1. The average molecular weight is 252 g/mol. The lowest BCUT2D eigenvalue weighted by Gasteiger charge is -2.32. The molecular weight excluding hydrogens is 228 g/mol. The van der Waals surface area contributed by atoms with Crippen molar-refractivity contribution in [3.05, 3.63) is 11.8 Å². The molecule has 0 atom stereocenters. The van der Waals surface area contributed by atoms with Crippen LogP contribution >= 0.6 is 0 Å². The van der Waals surface area contributed by atoms with Crippen LogP contribution in [0.25, 0.3) is 0 Å². The van der Waals surface area contributed by atoms with E-state index in [1.807, 2.05) is 27.9 Å². The van der Waals surface area contributed by atoms with Gasteiger partial charge in [0.15, 0.2) is 0 Å². The summed E-state index contributed by atoms with van der Waals surface area (Å²) >= 11 is 0. The fourth-order valence-electron chi connectivity index (χ4n) is 1.19. The Labute approximate surface area is 110 Å². The Morgan fingerprint density at radius 2 is 2.06 bits per heavy atom. The molecule has 102 valence electrons. The van der Waals surface area contributed by atoms with Crippen LogP contribution in [0.2, 0.25) is 0 Å². The first-order chi connectivity index (χ1) is 8.36. The molecule has 0 fully saturated rings. The summed E-state index contributed by atoms with van der Waals surface area (Å²) < 4.78 is 5.82. The molecule has 5 heteroatoms. The lowest BCUT2D eigenvalue weighted by molar-refractivity contribution is 0.110. The van der Waals surface area contributed by atoms with Gasteiger partial charge in [0, 0.05) is 23.8 Å². The quantitative estimate of drug-likeness (QED) is 0.838. The van der Waals surface area contributed by atoms with Gasteiger partial charge < -0.3 is 15.0 Å². The van der Waals surface area contributed by atoms with Crippen molar-refractivity contribution in [1.29, 1.82) is 0 Å². The van der Waals surface area contributed by atoms with Crippen LogP contribution in [0, 0.1) is 6.92 Å². The predicted octanol–water partition coefficient (Wildman–Crippen LogP) is 1.94. The van der Waals surface area contributed by atoms with Gasteiger partial charge in [-0.15, -0.1) is 0 Å². The van der Waals surface area contributed by atoms with Crippen LogP contribution in [0.5, 0.6) is 5.88 Å². The minimum absolute atomic E-state index is 0.0320. The van der Waals surface area contributed by atoms with Crippen LogP contribution in [0.1, 0.15) is 26.3 Å². The SMILES string of the molecule is CCNc1ncc(C)c(OCC(C)(C)N(C)C)n1. The molecule has 0 aliphatic carbocycles. The van der Waals surface area contributed by atoms with Gasteiger partial charge in [0.05, 0.1) is 0 Å². The summed E-state index contributed by atoms with van der Waals surface area (Å²) in [5, 5.41) is 3.08. The first kappa shape index (κ1) is 14.7. The first-order valence-electron chi connectivity index (χ1n) is 6.24. The molecule has 0 spiro atoms.